The Morgan fingerprint density at radius 2 is 2.07 bits per heavy atom. The SMILES string of the molecule is CC(C=NOCCN)=CC1CC[C@H]2[C@@H]3CC=C4CC(O)CC[C@]4(C)[C@@H]3CC[C@]12C. The van der Waals surface area contributed by atoms with Gasteiger partial charge in [0, 0.05) is 6.54 Å². The molecular weight excluding hydrogens is 360 g/mol. The van der Waals surface area contributed by atoms with Crippen LogP contribution in [0.2, 0.25) is 0 Å². The number of aliphatic hydroxyl groups excluding tert-OH is 1. The van der Waals surface area contributed by atoms with Gasteiger partial charge in [0.25, 0.3) is 0 Å². The third-order valence-corrected chi connectivity index (χ3v) is 9.16. The van der Waals surface area contributed by atoms with Crippen LogP contribution >= 0.6 is 0 Å². The highest BCUT2D eigenvalue weighted by atomic mass is 16.6. The number of fused-ring (bicyclic) bond motifs is 5. The largest absolute Gasteiger partial charge is 0.394 e. The van der Waals surface area contributed by atoms with Crippen molar-refractivity contribution in [3.8, 4) is 0 Å². The summed E-state index contributed by atoms with van der Waals surface area (Å²) >= 11 is 0. The summed E-state index contributed by atoms with van der Waals surface area (Å²) in [6.07, 6.45) is 16.4. The molecule has 0 aromatic rings. The zero-order valence-electron chi connectivity index (χ0n) is 18.6. The molecular formula is C25H40N2O2. The summed E-state index contributed by atoms with van der Waals surface area (Å²) in [4.78, 5) is 5.17. The minimum Gasteiger partial charge on any atom is -0.394 e. The fourth-order valence-electron chi connectivity index (χ4n) is 7.54. The third kappa shape index (κ3) is 3.72. The van der Waals surface area contributed by atoms with Crippen molar-refractivity contribution in [3.63, 3.8) is 0 Å². The fourth-order valence-corrected chi connectivity index (χ4v) is 7.54. The van der Waals surface area contributed by atoms with E-state index in [-0.39, 0.29) is 6.10 Å². The summed E-state index contributed by atoms with van der Waals surface area (Å²) in [5, 5.41) is 14.2. The molecule has 0 saturated heterocycles. The average Bonchev–Trinajstić information content (AvgIpc) is 3.02. The molecule has 0 amide bonds. The van der Waals surface area contributed by atoms with Gasteiger partial charge in [-0.3, -0.25) is 0 Å². The topological polar surface area (TPSA) is 67.8 Å². The number of hydrogen-bond acceptors (Lipinski definition) is 4. The molecule has 0 aromatic carbocycles. The number of nitrogens with zero attached hydrogens (tertiary/aromatic N) is 1. The summed E-state index contributed by atoms with van der Waals surface area (Å²) in [6.45, 7) is 8.18. The van der Waals surface area contributed by atoms with Gasteiger partial charge in [0.2, 0.25) is 0 Å². The van der Waals surface area contributed by atoms with Crippen molar-refractivity contribution in [1.82, 2.24) is 0 Å². The number of nitrogens with two attached hydrogens (primary N) is 1. The highest BCUT2D eigenvalue weighted by molar-refractivity contribution is 5.77. The maximum Gasteiger partial charge on any atom is 0.129 e. The molecule has 3 saturated carbocycles. The van der Waals surface area contributed by atoms with E-state index < -0.39 is 0 Å². The molecule has 4 rings (SSSR count). The van der Waals surface area contributed by atoms with Crippen molar-refractivity contribution in [2.24, 2.45) is 45.4 Å². The second-order valence-corrected chi connectivity index (χ2v) is 10.7. The fraction of sp³-hybridized carbons (Fsp3) is 0.800. The number of rotatable bonds is 5. The second-order valence-electron chi connectivity index (χ2n) is 10.7. The second kappa shape index (κ2) is 8.19. The first kappa shape index (κ1) is 21.1. The molecule has 3 fully saturated rings. The van der Waals surface area contributed by atoms with Gasteiger partial charge in [-0.05, 0) is 98.4 Å². The van der Waals surface area contributed by atoms with E-state index in [1.807, 2.05) is 6.21 Å². The predicted octanol–water partition coefficient (Wildman–Crippen LogP) is 4.83. The molecule has 7 atom stereocenters. The molecule has 4 nitrogen and oxygen atoms in total. The number of aliphatic hydroxyl groups is 1. The van der Waals surface area contributed by atoms with Crippen LogP contribution in [0.4, 0.5) is 0 Å². The van der Waals surface area contributed by atoms with Crippen LogP contribution in [-0.2, 0) is 4.84 Å². The lowest BCUT2D eigenvalue weighted by Gasteiger charge is -2.58. The van der Waals surface area contributed by atoms with Crippen LogP contribution in [0.15, 0.2) is 28.5 Å². The van der Waals surface area contributed by atoms with Gasteiger partial charge >= 0.3 is 0 Å². The standard InChI is InChI=1S/C25H40N2O2/c1-17(16-27-29-13-12-26)14-18-5-7-22-21-6-4-19-15-20(28)8-10-24(19,2)23(21)9-11-25(18,22)3/h4,14,16,18,20-23,28H,5-13,15,26H2,1-3H3/t18?,20?,21-,22-,23+,24-,25+/m0/s1. The molecule has 0 spiro atoms. The highest BCUT2D eigenvalue weighted by Crippen LogP contribution is 2.66. The van der Waals surface area contributed by atoms with E-state index >= 15 is 0 Å². The summed E-state index contributed by atoms with van der Waals surface area (Å²) in [7, 11) is 0. The van der Waals surface area contributed by atoms with Crippen molar-refractivity contribution in [3.05, 3.63) is 23.3 Å². The molecule has 29 heavy (non-hydrogen) atoms. The minimum atomic E-state index is -0.112. The average molecular weight is 401 g/mol. The molecule has 4 heteroatoms. The number of oxime groups is 1. The van der Waals surface area contributed by atoms with E-state index in [1.165, 1.54) is 44.1 Å². The maximum atomic E-state index is 10.2. The molecule has 162 valence electrons. The Bertz CT molecular complexity index is 699. The van der Waals surface area contributed by atoms with Gasteiger partial charge < -0.3 is 15.7 Å². The Labute approximate surface area is 176 Å². The van der Waals surface area contributed by atoms with Crippen molar-refractivity contribution in [2.45, 2.75) is 78.2 Å². The van der Waals surface area contributed by atoms with Crippen molar-refractivity contribution >= 4 is 6.21 Å². The van der Waals surface area contributed by atoms with Crippen LogP contribution in [0.5, 0.6) is 0 Å². The van der Waals surface area contributed by atoms with Crippen LogP contribution < -0.4 is 5.73 Å². The van der Waals surface area contributed by atoms with Crippen LogP contribution in [0.3, 0.4) is 0 Å². The van der Waals surface area contributed by atoms with Gasteiger partial charge in [-0.2, -0.15) is 0 Å². The zero-order chi connectivity index (χ0) is 20.6. The van der Waals surface area contributed by atoms with Crippen LogP contribution in [0.1, 0.15) is 72.1 Å². The molecule has 0 radical (unpaired) electrons. The lowest BCUT2D eigenvalue weighted by molar-refractivity contribution is -0.0442. The minimum absolute atomic E-state index is 0.112. The zero-order valence-corrected chi connectivity index (χ0v) is 18.6. The molecule has 4 aliphatic carbocycles. The Morgan fingerprint density at radius 1 is 1.24 bits per heavy atom. The molecule has 0 aromatic heterocycles. The Morgan fingerprint density at radius 3 is 2.86 bits per heavy atom. The number of hydrogen-bond donors (Lipinski definition) is 2. The lowest BCUT2D eigenvalue weighted by atomic mass is 9.47. The first-order valence-electron chi connectivity index (χ1n) is 11.8. The van der Waals surface area contributed by atoms with Gasteiger partial charge in [-0.25, -0.2) is 0 Å². The highest BCUT2D eigenvalue weighted by Gasteiger charge is 2.58. The first-order valence-corrected chi connectivity index (χ1v) is 11.8. The monoisotopic (exact) mass is 400 g/mol. The summed E-state index contributed by atoms with van der Waals surface area (Å²) in [5.41, 5.74) is 8.96. The molecule has 0 heterocycles. The lowest BCUT2D eigenvalue weighted by Crippen LogP contribution is -2.50. The molecule has 2 unspecified atom stereocenters. The first-order chi connectivity index (χ1) is 13.9. The molecule has 3 N–H and O–H groups in total. The summed E-state index contributed by atoms with van der Waals surface area (Å²) < 4.78 is 0. The smallest absolute Gasteiger partial charge is 0.129 e. The molecule has 4 aliphatic rings. The van der Waals surface area contributed by atoms with Crippen LogP contribution in [0, 0.1) is 34.5 Å². The Hall–Kier alpha value is -1.13. The quantitative estimate of drug-likeness (QED) is 0.300. The summed E-state index contributed by atoms with van der Waals surface area (Å²) in [6, 6.07) is 0. The normalized spacial score (nSPS) is 44.8. The molecule has 0 aliphatic heterocycles. The van der Waals surface area contributed by atoms with Crippen molar-refractivity contribution in [1.29, 1.82) is 0 Å². The van der Waals surface area contributed by atoms with Crippen molar-refractivity contribution < 1.29 is 9.94 Å². The van der Waals surface area contributed by atoms with E-state index in [9.17, 15) is 5.11 Å². The van der Waals surface area contributed by atoms with Crippen molar-refractivity contribution in [2.75, 3.05) is 13.2 Å². The van der Waals surface area contributed by atoms with E-state index in [0.717, 1.165) is 30.6 Å². The molecule has 0 bridgehead atoms. The summed E-state index contributed by atoms with van der Waals surface area (Å²) in [5.74, 6) is 3.09. The van der Waals surface area contributed by atoms with Crippen LogP contribution in [0.25, 0.3) is 0 Å². The maximum absolute atomic E-state index is 10.2. The van der Waals surface area contributed by atoms with E-state index in [0.29, 0.717) is 29.9 Å². The van der Waals surface area contributed by atoms with Gasteiger partial charge in [-0.15, -0.1) is 0 Å². The van der Waals surface area contributed by atoms with Gasteiger partial charge in [0.05, 0.1) is 12.3 Å². The Balaban J connectivity index is 1.51. The van der Waals surface area contributed by atoms with E-state index in [2.05, 4.69) is 38.1 Å². The number of allylic oxidation sites excluding steroid dienone is 3. The predicted molar refractivity (Wildman–Crippen MR) is 118 cm³/mol. The van der Waals surface area contributed by atoms with Gasteiger partial charge in [-0.1, -0.05) is 36.7 Å². The van der Waals surface area contributed by atoms with Crippen LogP contribution in [-0.4, -0.2) is 30.6 Å². The van der Waals surface area contributed by atoms with Gasteiger partial charge in [0.15, 0.2) is 0 Å². The van der Waals surface area contributed by atoms with E-state index in [1.54, 1.807) is 5.57 Å². The van der Waals surface area contributed by atoms with Gasteiger partial charge in [0.1, 0.15) is 6.61 Å². The third-order valence-electron chi connectivity index (χ3n) is 9.16. The van der Waals surface area contributed by atoms with E-state index in [4.69, 9.17) is 10.6 Å². The Kier molecular flexibility index (Phi) is 5.96.